The van der Waals surface area contributed by atoms with Gasteiger partial charge in [0.05, 0.1) is 4.99 Å². The van der Waals surface area contributed by atoms with E-state index >= 15 is 0 Å². The number of nitrogens with zero attached hydrogens (tertiary/aromatic N) is 2. The minimum Gasteiger partial charge on any atom is -0.393 e. The van der Waals surface area contributed by atoms with Crippen LogP contribution in [0.5, 0.6) is 0 Å². The Morgan fingerprint density at radius 3 is 2.79 bits per heavy atom. The molecule has 0 radical (unpaired) electrons. The second-order valence-electron chi connectivity index (χ2n) is 4.70. The molecule has 6 heteroatoms. The van der Waals surface area contributed by atoms with Crippen LogP contribution in [0.3, 0.4) is 0 Å². The Morgan fingerprint density at radius 1 is 1.58 bits per heavy atom. The normalized spacial score (nSPS) is 10.5. The first-order valence-electron chi connectivity index (χ1n) is 6.10. The van der Waals surface area contributed by atoms with E-state index in [9.17, 15) is 4.79 Å². The molecule has 2 N–H and O–H groups in total. The quantitative estimate of drug-likeness (QED) is 0.806. The summed E-state index contributed by atoms with van der Waals surface area (Å²) in [5, 5.41) is 0. The molecule has 1 heterocycles. The highest BCUT2D eigenvalue weighted by atomic mass is 79.9. The number of amides is 1. The molecule has 1 aromatic heterocycles. The zero-order chi connectivity index (χ0) is 14.4. The summed E-state index contributed by atoms with van der Waals surface area (Å²) in [7, 11) is 0. The van der Waals surface area contributed by atoms with Crippen LogP contribution in [-0.4, -0.2) is 33.9 Å². The number of nitrogens with two attached hydrogens (primary N) is 1. The molecule has 0 bridgehead atoms. The van der Waals surface area contributed by atoms with Gasteiger partial charge >= 0.3 is 0 Å². The van der Waals surface area contributed by atoms with Gasteiger partial charge in [0.25, 0.3) is 5.91 Å². The minimum atomic E-state index is -0.0996. The largest absolute Gasteiger partial charge is 0.393 e. The highest BCUT2D eigenvalue weighted by molar-refractivity contribution is 9.10. The third-order valence-electron chi connectivity index (χ3n) is 2.46. The van der Waals surface area contributed by atoms with Crippen LogP contribution in [-0.2, 0) is 0 Å². The lowest BCUT2D eigenvalue weighted by atomic mass is 10.2. The SMILES string of the molecule is CC(C)CN(CCC(N)=S)C(=O)c1ncccc1Br. The molecular formula is C13H18BrN3OS. The molecule has 4 nitrogen and oxygen atoms in total. The van der Waals surface area contributed by atoms with Gasteiger partial charge < -0.3 is 10.6 Å². The third-order valence-corrected chi connectivity index (χ3v) is 3.31. The number of rotatable bonds is 6. The van der Waals surface area contributed by atoms with Crippen molar-refractivity contribution in [2.45, 2.75) is 20.3 Å². The van der Waals surface area contributed by atoms with Crippen molar-refractivity contribution in [3.05, 3.63) is 28.5 Å². The first-order chi connectivity index (χ1) is 8.91. The summed E-state index contributed by atoms with van der Waals surface area (Å²) in [6, 6.07) is 3.59. The lowest BCUT2D eigenvalue weighted by Crippen LogP contribution is -2.37. The van der Waals surface area contributed by atoms with Crippen LogP contribution in [0.15, 0.2) is 22.8 Å². The molecule has 0 unspecified atom stereocenters. The lowest BCUT2D eigenvalue weighted by molar-refractivity contribution is 0.0734. The molecule has 0 atom stereocenters. The zero-order valence-electron chi connectivity index (χ0n) is 11.1. The van der Waals surface area contributed by atoms with Crippen molar-refractivity contribution >= 4 is 39.0 Å². The summed E-state index contributed by atoms with van der Waals surface area (Å²) in [5.41, 5.74) is 5.93. The Balaban J connectivity index is 2.87. The number of carbonyl (C=O) groups excluding carboxylic acids is 1. The van der Waals surface area contributed by atoms with E-state index in [2.05, 4.69) is 34.8 Å². The number of aromatic nitrogens is 1. The molecule has 0 saturated carbocycles. The van der Waals surface area contributed by atoms with Crippen LogP contribution < -0.4 is 5.73 Å². The highest BCUT2D eigenvalue weighted by Gasteiger charge is 2.20. The molecule has 0 aliphatic heterocycles. The Kier molecular flexibility index (Phi) is 6.37. The molecule has 19 heavy (non-hydrogen) atoms. The van der Waals surface area contributed by atoms with Gasteiger partial charge in [-0.25, -0.2) is 4.98 Å². The number of hydrogen-bond acceptors (Lipinski definition) is 3. The van der Waals surface area contributed by atoms with E-state index in [4.69, 9.17) is 18.0 Å². The van der Waals surface area contributed by atoms with Gasteiger partial charge in [-0.1, -0.05) is 26.1 Å². The number of pyridine rings is 1. The molecule has 0 saturated heterocycles. The maximum Gasteiger partial charge on any atom is 0.273 e. The van der Waals surface area contributed by atoms with Crippen molar-refractivity contribution < 1.29 is 4.79 Å². The van der Waals surface area contributed by atoms with E-state index < -0.39 is 0 Å². The Bertz CT molecular complexity index is 465. The summed E-state index contributed by atoms with van der Waals surface area (Å²) < 4.78 is 0.698. The molecule has 0 fully saturated rings. The first-order valence-corrected chi connectivity index (χ1v) is 7.30. The Morgan fingerprint density at radius 2 is 2.26 bits per heavy atom. The molecule has 0 aromatic carbocycles. The smallest absolute Gasteiger partial charge is 0.273 e. The first kappa shape index (κ1) is 16.0. The molecule has 0 aliphatic carbocycles. The van der Waals surface area contributed by atoms with Gasteiger partial charge in [-0.2, -0.15) is 0 Å². The number of halogens is 1. The van der Waals surface area contributed by atoms with Gasteiger partial charge in [-0.3, -0.25) is 4.79 Å². The van der Waals surface area contributed by atoms with Gasteiger partial charge in [0, 0.05) is 30.2 Å². The van der Waals surface area contributed by atoms with Gasteiger partial charge in [-0.05, 0) is 34.0 Å². The van der Waals surface area contributed by atoms with Crippen molar-refractivity contribution in [1.82, 2.24) is 9.88 Å². The molecular weight excluding hydrogens is 326 g/mol. The maximum atomic E-state index is 12.5. The van der Waals surface area contributed by atoms with E-state index in [0.29, 0.717) is 40.6 Å². The number of thiocarbonyl (C=S) groups is 1. The minimum absolute atomic E-state index is 0.0996. The second kappa shape index (κ2) is 7.55. The molecule has 104 valence electrons. The summed E-state index contributed by atoms with van der Waals surface area (Å²) in [6.45, 7) is 5.31. The number of hydrogen-bond donors (Lipinski definition) is 1. The summed E-state index contributed by atoms with van der Waals surface area (Å²) >= 11 is 8.22. The average Bonchev–Trinajstić information content (AvgIpc) is 2.33. The van der Waals surface area contributed by atoms with E-state index in [0.717, 1.165) is 0 Å². The molecule has 1 rings (SSSR count). The second-order valence-corrected chi connectivity index (χ2v) is 6.07. The summed E-state index contributed by atoms with van der Waals surface area (Å²) in [6.07, 6.45) is 2.14. The Hall–Kier alpha value is -1.01. The standard InChI is InChI=1S/C13H18BrN3OS/c1-9(2)8-17(7-5-11(15)19)13(18)12-10(14)4-3-6-16-12/h3-4,6,9H,5,7-8H2,1-2H3,(H2,15,19). The van der Waals surface area contributed by atoms with E-state index in [1.165, 1.54) is 0 Å². The van der Waals surface area contributed by atoms with Gasteiger partial charge in [0.15, 0.2) is 0 Å². The van der Waals surface area contributed by atoms with Crippen LogP contribution in [0.4, 0.5) is 0 Å². The fraction of sp³-hybridized carbons (Fsp3) is 0.462. The van der Waals surface area contributed by atoms with Gasteiger partial charge in [0.2, 0.25) is 0 Å². The van der Waals surface area contributed by atoms with Crippen LogP contribution in [0.1, 0.15) is 30.8 Å². The lowest BCUT2D eigenvalue weighted by Gasteiger charge is -2.24. The van der Waals surface area contributed by atoms with Crippen LogP contribution in [0, 0.1) is 5.92 Å². The molecule has 0 aliphatic rings. The molecule has 1 amide bonds. The fourth-order valence-corrected chi connectivity index (χ4v) is 2.17. The highest BCUT2D eigenvalue weighted by Crippen LogP contribution is 2.16. The van der Waals surface area contributed by atoms with Crippen molar-refractivity contribution in [1.29, 1.82) is 0 Å². The third kappa shape index (κ3) is 5.24. The van der Waals surface area contributed by atoms with Crippen LogP contribution in [0.25, 0.3) is 0 Å². The molecule has 1 aromatic rings. The topological polar surface area (TPSA) is 59.2 Å². The fourth-order valence-electron chi connectivity index (χ4n) is 1.65. The average molecular weight is 344 g/mol. The van der Waals surface area contributed by atoms with Gasteiger partial charge in [-0.15, -0.1) is 0 Å². The van der Waals surface area contributed by atoms with Crippen LogP contribution >= 0.6 is 28.1 Å². The predicted octanol–water partition coefficient (Wildman–Crippen LogP) is 2.62. The van der Waals surface area contributed by atoms with Gasteiger partial charge in [0.1, 0.15) is 5.69 Å². The van der Waals surface area contributed by atoms with Crippen LogP contribution in [0.2, 0.25) is 0 Å². The zero-order valence-corrected chi connectivity index (χ0v) is 13.5. The molecule has 0 spiro atoms. The summed E-state index contributed by atoms with van der Waals surface area (Å²) in [5.74, 6) is 0.273. The monoisotopic (exact) mass is 343 g/mol. The van der Waals surface area contributed by atoms with E-state index in [1.54, 1.807) is 23.2 Å². The van der Waals surface area contributed by atoms with Crippen molar-refractivity contribution in [2.75, 3.05) is 13.1 Å². The van der Waals surface area contributed by atoms with Crippen molar-refractivity contribution in [2.24, 2.45) is 11.7 Å². The predicted molar refractivity (Wildman–Crippen MR) is 84.1 cm³/mol. The van der Waals surface area contributed by atoms with E-state index in [-0.39, 0.29) is 5.91 Å². The summed E-state index contributed by atoms with van der Waals surface area (Å²) in [4.78, 5) is 18.8. The van der Waals surface area contributed by atoms with Crippen molar-refractivity contribution in [3.63, 3.8) is 0 Å². The van der Waals surface area contributed by atoms with E-state index in [1.807, 2.05) is 0 Å². The maximum absolute atomic E-state index is 12.5. The Labute approximate surface area is 127 Å². The number of carbonyl (C=O) groups is 1. The van der Waals surface area contributed by atoms with Crippen molar-refractivity contribution in [3.8, 4) is 0 Å².